The van der Waals surface area contributed by atoms with Crippen molar-refractivity contribution in [2.75, 3.05) is 19.6 Å². The molecule has 27 heavy (non-hydrogen) atoms. The maximum absolute atomic E-state index is 9.88. The van der Waals surface area contributed by atoms with E-state index in [0.29, 0.717) is 11.7 Å². The number of fused-ring (bicyclic) bond motifs is 1. The van der Waals surface area contributed by atoms with E-state index in [4.69, 9.17) is 0 Å². The summed E-state index contributed by atoms with van der Waals surface area (Å²) in [5.74, 6) is 0.930. The maximum Gasteiger partial charge on any atom is 0.115 e. The first-order chi connectivity index (χ1) is 13.1. The minimum atomic E-state index is 0.134. The van der Waals surface area contributed by atoms with Gasteiger partial charge in [0.25, 0.3) is 0 Å². The molecule has 0 aliphatic carbocycles. The zero-order valence-electron chi connectivity index (χ0n) is 16.4. The van der Waals surface area contributed by atoms with Crippen LogP contribution in [0.1, 0.15) is 31.4 Å². The Bertz CT molecular complexity index is 929. The van der Waals surface area contributed by atoms with Gasteiger partial charge in [0.2, 0.25) is 0 Å². The second-order valence-electron chi connectivity index (χ2n) is 8.31. The predicted molar refractivity (Wildman–Crippen MR) is 113 cm³/mol. The molecule has 1 aliphatic rings. The first-order valence-electron chi connectivity index (χ1n) is 10.0. The van der Waals surface area contributed by atoms with Crippen LogP contribution in [-0.2, 0) is 11.8 Å². The van der Waals surface area contributed by atoms with Gasteiger partial charge in [-0.3, -0.25) is 0 Å². The van der Waals surface area contributed by atoms with Crippen LogP contribution in [0.15, 0.2) is 66.7 Å². The van der Waals surface area contributed by atoms with Crippen molar-refractivity contribution < 1.29 is 5.11 Å². The Kier molecular flexibility index (Phi) is 4.92. The van der Waals surface area contributed by atoms with Gasteiger partial charge >= 0.3 is 0 Å². The molecule has 140 valence electrons. The number of phenols is 1. The quantitative estimate of drug-likeness (QED) is 0.675. The van der Waals surface area contributed by atoms with Crippen molar-refractivity contribution in [3.8, 4) is 5.75 Å². The van der Waals surface area contributed by atoms with Crippen LogP contribution in [0, 0.1) is 5.92 Å². The SMILES string of the molecule is C[C@@H]1CN(CCc2cccc3ccccc23)CC[C@]1(C)c1cccc(O)c1. The number of likely N-dealkylation sites (tertiary alicyclic amines) is 1. The van der Waals surface area contributed by atoms with E-state index >= 15 is 0 Å². The standard InChI is InChI=1S/C25H29NO/c1-19-18-26(16-14-25(19,2)22-10-6-11-23(27)17-22)15-13-21-9-5-8-20-7-3-4-12-24(20)21/h3-12,17,19,27H,13-16,18H2,1-2H3/t19-,25+/m1/s1. The molecule has 0 spiro atoms. The number of benzene rings is 3. The zero-order valence-corrected chi connectivity index (χ0v) is 16.4. The monoisotopic (exact) mass is 359 g/mol. The van der Waals surface area contributed by atoms with E-state index in [0.717, 1.165) is 32.5 Å². The lowest BCUT2D eigenvalue weighted by Crippen LogP contribution is -2.47. The Morgan fingerprint density at radius 1 is 1.04 bits per heavy atom. The Hall–Kier alpha value is -2.32. The summed E-state index contributed by atoms with van der Waals surface area (Å²) in [6.07, 6.45) is 2.23. The van der Waals surface area contributed by atoms with E-state index in [1.807, 2.05) is 12.1 Å². The van der Waals surface area contributed by atoms with Gasteiger partial charge < -0.3 is 10.0 Å². The molecule has 1 N–H and O–H groups in total. The summed E-state index contributed by atoms with van der Waals surface area (Å²) in [5, 5.41) is 12.6. The highest BCUT2D eigenvalue weighted by Crippen LogP contribution is 2.40. The summed E-state index contributed by atoms with van der Waals surface area (Å²) in [7, 11) is 0. The normalized spacial score (nSPS) is 23.6. The summed E-state index contributed by atoms with van der Waals surface area (Å²) < 4.78 is 0. The van der Waals surface area contributed by atoms with Gasteiger partial charge in [-0.15, -0.1) is 0 Å². The molecule has 0 aromatic heterocycles. The van der Waals surface area contributed by atoms with Crippen molar-refractivity contribution in [1.82, 2.24) is 4.90 Å². The summed E-state index contributed by atoms with van der Waals surface area (Å²) in [5.41, 5.74) is 2.85. The lowest BCUT2D eigenvalue weighted by molar-refractivity contribution is 0.112. The van der Waals surface area contributed by atoms with Gasteiger partial charge in [-0.2, -0.15) is 0 Å². The third kappa shape index (κ3) is 3.59. The van der Waals surface area contributed by atoms with E-state index in [1.54, 1.807) is 6.07 Å². The molecule has 0 amide bonds. The number of nitrogens with zero attached hydrogens (tertiary/aromatic N) is 1. The highest BCUT2D eigenvalue weighted by Gasteiger charge is 2.37. The molecule has 1 aliphatic heterocycles. The maximum atomic E-state index is 9.88. The van der Waals surface area contributed by atoms with Gasteiger partial charge in [-0.25, -0.2) is 0 Å². The number of piperidine rings is 1. The van der Waals surface area contributed by atoms with E-state index < -0.39 is 0 Å². The predicted octanol–water partition coefficient (Wildman–Crippen LogP) is 5.39. The minimum Gasteiger partial charge on any atom is -0.508 e. The first-order valence-corrected chi connectivity index (χ1v) is 10.0. The molecule has 0 saturated carbocycles. The van der Waals surface area contributed by atoms with Crippen LogP contribution in [0.4, 0.5) is 0 Å². The molecule has 2 nitrogen and oxygen atoms in total. The second kappa shape index (κ2) is 7.36. The molecule has 0 radical (unpaired) electrons. The van der Waals surface area contributed by atoms with E-state index in [2.05, 4.69) is 67.3 Å². The van der Waals surface area contributed by atoms with Crippen molar-refractivity contribution in [3.05, 3.63) is 77.9 Å². The molecule has 1 fully saturated rings. The Balaban J connectivity index is 1.44. The van der Waals surface area contributed by atoms with Crippen LogP contribution in [0.3, 0.4) is 0 Å². The molecule has 3 aromatic carbocycles. The molecule has 2 atom stereocenters. The van der Waals surface area contributed by atoms with Gasteiger partial charge in [0.1, 0.15) is 5.75 Å². The summed E-state index contributed by atoms with van der Waals surface area (Å²) >= 11 is 0. The van der Waals surface area contributed by atoms with Crippen LogP contribution in [0.5, 0.6) is 5.75 Å². The summed E-state index contributed by atoms with van der Waals surface area (Å²) in [4.78, 5) is 2.61. The van der Waals surface area contributed by atoms with Crippen molar-refractivity contribution in [1.29, 1.82) is 0 Å². The van der Waals surface area contributed by atoms with E-state index in [-0.39, 0.29) is 5.41 Å². The molecule has 2 heteroatoms. The zero-order chi connectivity index (χ0) is 18.9. The molecule has 4 rings (SSSR count). The number of phenolic OH excluding ortho intramolecular Hbond substituents is 1. The highest BCUT2D eigenvalue weighted by molar-refractivity contribution is 5.85. The van der Waals surface area contributed by atoms with Gasteiger partial charge in [-0.05, 0) is 64.8 Å². The Morgan fingerprint density at radius 2 is 1.81 bits per heavy atom. The summed E-state index contributed by atoms with van der Waals surface area (Å²) in [6.45, 7) is 8.04. The van der Waals surface area contributed by atoms with Crippen LogP contribution in [-0.4, -0.2) is 29.6 Å². The highest BCUT2D eigenvalue weighted by atomic mass is 16.3. The summed E-state index contributed by atoms with van der Waals surface area (Å²) in [6, 6.07) is 23.2. The molecule has 0 unspecified atom stereocenters. The fourth-order valence-electron chi connectivity index (χ4n) is 4.60. The topological polar surface area (TPSA) is 23.5 Å². The van der Waals surface area contributed by atoms with Crippen LogP contribution >= 0.6 is 0 Å². The average Bonchev–Trinajstić information content (AvgIpc) is 2.69. The molecule has 1 heterocycles. The van der Waals surface area contributed by atoms with E-state index in [9.17, 15) is 5.11 Å². The molecule has 3 aromatic rings. The van der Waals surface area contributed by atoms with Crippen molar-refractivity contribution in [2.45, 2.75) is 32.1 Å². The second-order valence-corrected chi connectivity index (χ2v) is 8.31. The van der Waals surface area contributed by atoms with Crippen molar-refractivity contribution in [2.24, 2.45) is 5.92 Å². The van der Waals surface area contributed by atoms with Crippen molar-refractivity contribution in [3.63, 3.8) is 0 Å². The lowest BCUT2D eigenvalue weighted by Gasteiger charge is -2.45. The van der Waals surface area contributed by atoms with Crippen LogP contribution < -0.4 is 0 Å². The third-order valence-electron chi connectivity index (χ3n) is 6.65. The number of hydrogen-bond donors (Lipinski definition) is 1. The number of hydrogen-bond acceptors (Lipinski definition) is 2. The minimum absolute atomic E-state index is 0.134. The molecular weight excluding hydrogens is 330 g/mol. The van der Waals surface area contributed by atoms with E-state index in [1.165, 1.54) is 21.9 Å². The molecule has 0 bridgehead atoms. The van der Waals surface area contributed by atoms with Crippen LogP contribution in [0.2, 0.25) is 0 Å². The van der Waals surface area contributed by atoms with Crippen LogP contribution in [0.25, 0.3) is 10.8 Å². The van der Waals surface area contributed by atoms with Gasteiger partial charge in [0, 0.05) is 13.1 Å². The first kappa shape index (κ1) is 18.1. The molecular formula is C25H29NO. The average molecular weight is 360 g/mol. The lowest BCUT2D eigenvalue weighted by atomic mass is 9.68. The van der Waals surface area contributed by atoms with Crippen molar-refractivity contribution >= 4 is 10.8 Å². The van der Waals surface area contributed by atoms with Gasteiger partial charge in [0.05, 0.1) is 0 Å². The number of rotatable bonds is 4. The molecule has 1 saturated heterocycles. The smallest absolute Gasteiger partial charge is 0.115 e. The largest absolute Gasteiger partial charge is 0.508 e. The van der Waals surface area contributed by atoms with Gasteiger partial charge in [-0.1, -0.05) is 68.4 Å². The fourth-order valence-corrected chi connectivity index (χ4v) is 4.60. The fraction of sp³-hybridized carbons (Fsp3) is 0.360. The Labute approximate surface area is 162 Å². The number of aromatic hydroxyl groups is 1. The third-order valence-corrected chi connectivity index (χ3v) is 6.65. The van der Waals surface area contributed by atoms with Gasteiger partial charge in [0.15, 0.2) is 0 Å². The Morgan fingerprint density at radius 3 is 2.63 bits per heavy atom.